The Morgan fingerprint density at radius 1 is 1.31 bits per heavy atom. The van der Waals surface area contributed by atoms with Gasteiger partial charge in [0.2, 0.25) is 15.9 Å². The first-order chi connectivity index (χ1) is 12.4. The van der Waals surface area contributed by atoms with E-state index in [4.69, 9.17) is 16.1 Å². The van der Waals surface area contributed by atoms with Gasteiger partial charge in [-0.1, -0.05) is 22.8 Å². The average Bonchev–Trinajstić information content (AvgIpc) is 3.37. The third-order valence-corrected chi connectivity index (χ3v) is 7.63. The van der Waals surface area contributed by atoms with Crippen LogP contribution < -0.4 is 0 Å². The molecule has 8 heteroatoms. The first kappa shape index (κ1) is 17.9. The maximum absolute atomic E-state index is 13.1. The molecule has 26 heavy (non-hydrogen) atoms. The molecule has 1 aromatic carbocycles. The summed E-state index contributed by atoms with van der Waals surface area (Å²) >= 11 is 6.12. The summed E-state index contributed by atoms with van der Waals surface area (Å²) in [6.07, 6.45) is 4.68. The molecule has 0 spiro atoms. The summed E-state index contributed by atoms with van der Waals surface area (Å²) in [4.78, 5) is 4.77. The second kappa shape index (κ2) is 6.94. The quantitative estimate of drug-likeness (QED) is 0.773. The fourth-order valence-electron chi connectivity index (χ4n) is 3.52. The molecule has 1 aliphatic carbocycles. The second-order valence-electron chi connectivity index (χ2n) is 7.26. The van der Waals surface area contributed by atoms with Gasteiger partial charge in [0.05, 0.1) is 4.90 Å². The Hall–Kier alpha value is -1.44. The zero-order chi connectivity index (χ0) is 18.3. The minimum absolute atomic E-state index is 0.186. The molecule has 0 unspecified atom stereocenters. The monoisotopic (exact) mass is 395 g/mol. The van der Waals surface area contributed by atoms with Crippen molar-refractivity contribution in [1.29, 1.82) is 0 Å². The van der Waals surface area contributed by atoms with Crippen molar-refractivity contribution in [1.82, 2.24) is 14.4 Å². The number of hydrogen-bond donors (Lipinski definition) is 0. The van der Waals surface area contributed by atoms with Gasteiger partial charge in [0.25, 0.3) is 0 Å². The van der Waals surface area contributed by atoms with E-state index in [2.05, 4.69) is 10.1 Å². The van der Waals surface area contributed by atoms with Crippen molar-refractivity contribution in [3.8, 4) is 0 Å². The summed E-state index contributed by atoms with van der Waals surface area (Å²) in [7, 11) is -3.56. The summed E-state index contributed by atoms with van der Waals surface area (Å²) in [5.74, 6) is 2.07. The lowest BCUT2D eigenvalue weighted by atomic mass is 9.96. The maximum atomic E-state index is 13.1. The molecule has 0 bridgehead atoms. The number of nitrogens with zero attached hydrogens (tertiary/aromatic N) is 3. The summed E-state index contributed by atoms with van der Waals surface area (Å²) in [6, 6.07) is 5.02. The lowest BCUT2D eigenvalue weighted by molar-refractivity contribution is 0.246. The van der Waals surface area contributed by atoms with Gasteiger partial charge in [-0.25, -0.2) is 8.42 Å². The lowest BCUT2D eigenvalue weighted by Crippen LogP contribution is -2.40. The summed E-state index contributed by atoms with van der Waals surface area (Å²) in [5, 5.41) is 4.52. The zero-order valence-corrected chi connectivity index (χ0v) is 16.3. The molecule has 4 rings (SSSR count). The topological polar surface area (TPSA) is 76.3 Å². The van der Waals surface area contributed by atoms with E-state index in [1.807, 2.05) is 0 Å². The molecule has 1 saturated carbocycles. The molecular formula is C18H22ClN3O3S. The van der Waals surface area contributed by atoms with E-state index >= 15 is 0 Å². The van der Waals surface area contributed by atoms with Gasteiger partial charge in [-0.15, -0.1) is 0 Å². The molecule has 1 atom stereocenters. The highest BCUT2D eigenvalue weighted by Crippen LogP contribution is 2.38. The summed E-state index contributed by atoms with van der Waals surface area (Å²) in [6.45, 7) is 2.74. The van der Waals surface area contributed by atoms with E-state index in [1.54, 1.807) is 29.4 Å². The van der Waals surface area contributed by atoms with E-state index in [-0.39, 0.29) is 5.92 Å². The minimum atomic E-state index is -3.56. The Kier molecular flexibility index (Phi) is 4.79. The fourth-order valence-corrected chi connectivity index (χ4v) is 5.56. The summed E-state index contributed by atoms with van der Waals surface area (Å²) in [5.41, 5.74) is 0.599. The molecule has 2 aliphatic rings. The van der Waals surface area contributed by atoms with E-state index < -0.39 is 10.0 Å². The third-order valence-electron chi connectivity index (χ3n) is 5.21. The third kappa shape index (κ3) is 3.52. The van der Waals surface area contributed by atoms with Crippen LogP contribution >= 0.6 is 11.6 Å². The molecule has 0 N–H and O–H groups in total. The highest BCUT2D eigenvalue weighted by Gasteiger charge is 2.33. The van der Waals surface area contributed by atoms with Gasteiger partial charge in [-0.05, 0) is 56.2 Å². The van der Waals surface area contributed by atoms with Crippen LogP contribution in [0, 0.1) is 12.8 Å². The smallest absolute Gasteiger partial charge is 0.243 e. The number of sulfonamides is 1. The van der Waals surface area contributed by atoms with Crippen molar-refractivity contribution in [3.63, 3.8) is 0 Å². The Bertz CT molecular complexity index is 908. The van der Waals surface area contributed by atoms with Crippen molar-refractivity contribution in [2.45, 2.75) is 49.8 Å². The number of hydrogen-bond acceptors (Lipinski definition) is 5. The van der Waals surface area contributed by atoms with Crippen molar-refractivity contribution < 1.29 is 12.9 Å². The molecule has 2 heterocycles. The van der Waals surface area contributed by atoms with Crippen molar-refractivity contribution in [2.75, 3.05) is 13.1 Å². The van der Waals surface area contributed by atoms with Gasteiger partial charge >= 0.3 is 0 Å². The lowest BCUT2D eigenvalue weighted by Gasteiger charge is -2.31. The molecule has 2 aromatic rings. The van der Waals surface area contributed by atoms with Gasteiger partial charge < -0.3 is 4.52 Å². The Morgan fingerprint density at radius 3 is 2.88 bits per heavy atom. The molecule has 0 amide bonds. The maximum Gasteiger partial charge on any atom is 0.243 e. The van der Waals surface area contributed by atoms with Crippen LogP contribution in [0.25, 0.3) is 0 Å². The van der Waals surface area contributed by atoms with Crippen LogP contribution in [0.2, 0.25) is 5.02 Å². The largest absolute Gasteiger partial charge is 0.339 e. The second-order valence-corrected chi connectivity index (χ2v) is 9.57. The molecule has 1 saturated heterocycles. The SMILES string of the molecule is Cc1c(Cl)cccc1S(=O)(=O)N1CCC[C@@H](Cc2nc(C3CC3)no2)C1. The Labute approximate surface area is 158 Å². The van der Waals surface area contributed by atoms with E-state index in [9.17, 15) is 8.42 Å². The first-order valence-electron chi connectivity index (χ1n) is 9.03. The molecule has 6 nitrogen and oxygen atoms in total. The fraction of sp³-hybridized carbons (Fsp3) is 0.556. The Balaban J connectivity index is 1.49. The van der Waals surface area contributed by atoms with Crippen molar-refractivity contribution in [2.24, 2.45) is 5.92 Å². The Morgan fingerprint density at radius 2 is 2.12 bits per heavy atom. The van der Waals surface area contributed by atoms with Crippen LogP contribution in [-0.4, -0.2) is 36.0 Å². The zero-order valence-electron chi connectivity index (χ0n) is 14.7. The molecule has 1 aromatic heterocycles. The van der Waals surface area contributed by atoms with Gasteiger partial charge in [0.1, 0.15) is 0 Å². The highest BCUT2D eigenvalue weighted by molar-refractivity contribution is 7.89. The molecule has 140 valence electrons. The number of benzene rings is 1. The van der Waals surface area contributed by atoms with Crippen LogP contribution in [0.3, 0.4) is 0 Å². The van der Waals surface area contributed by atoms with Crippen LogP contribution in [0.4, 0.5) is 0 Å². The van der Waals surface area contributed by atoms with Gasteiger partial charge in [0.15, 0.2) is 5.82 Å². The standard InChI is InChI=1S/C18H22ClN3O3S/c1-12-15(19)5-2-6-16(12)26(23,24)22-9-3-4-13(11-22)10-17-20-18(21-25-17)14-7-8-14/h2,5-6,13-14H,3-4,7-11H2,1H3/t13-/m0/s1. The van der Waals surface area contributed by atoms with Crippen LogP contribution in [0.1, 0.15) is 48.9 Å². The molecule has 2 fully saturated rings. The molecule has 1 aliphatic heterocycles. The highest BCUT2D eigenvalue weighted by atomic mass is 35.5. The average molecular weight is 396 g/mol. The van der Waals surface area contributed by atoms with Gasteiger partial charge in [-0.3, -0.25) is 0 Å². The minimum Gasteiger partial charge on any atom is -0.339 e. The van der Waals surface area contributed by atoms with Crippen molar-refractivity contribution in [3.05, 3.63) is 40.5 Å². The molecular weight excluding hydrogens is 374 g/mol. The van der Waals surface area contributed by atoms with Crippen LogP contribution in [-0.2, 0) is 16.4 Å². The van der Waals surface area contributed by atoms with Gasteiger partial charge in [-0.2, -0.15) is 9.29 Å². The normalized spacial score (nSPS) is 21.8. The summed E-state index contributed by atoms with van der Waals surface area (Å²) < 4.78 is 33.1. The predicted octanol–water partition coefficient (Wildman–Crippen LogP) is 3.55. The number of aromatic nitrogens is 2. The molecule has 0 radical (unpaired) electrons. The van der Waals surface area contributed by atoms with Crippen LogP contribution in [0.5, 0.6) is 0 Å². The number of halogens is 1. The van der Waals surface area contributed by atoms with Gasteiger partial charge in [0, 0.05) is 30.5 Å². The van der Waals surface area contributed by atoms with Crippen LogP contribution in [0.15, 0.2) is 27.6 Å². The van der Waals surface area contributed by atoms with E-state index in [0.717, 1.165) is 31.5 Å². The van der Waals surface area contributed by atoms with E-state index in [1.165, 1.54) is 0 Å². The first-order valence-corrected chi connectivity index (χ1v) is 10.8. The number of rotatable bonds is 5. The predicted molar refractivity (Wildman–Crippen MR) is 97.6 cm³/mol. The van der Waals surface area contributed by atoms with E-state index in [0.29, 0.717) is 46.8 Å². The number of piperidine rings is 1. The van der Waals surface area contributed by atoms with Crippen molar-refractivity contribution >= 4 is 21.6 Å².